The van der Waals surface area contributed by atoms with Gasteiger partial charge >= 0.3 is 0 Å². The summed E-state index contributed by atoms with van der Waals surface area (Å²) < 4.78 is 20.9. The highest BCUT2D eigenvalue weighted by molar-refractivity contribution is 7.98. The van der Waals surface area contributed by atoms with E-state index in [0.29, 0.717) is 47.0 Å². The van der Waals surface area contributed by atoms with E-state index in [1.54, 1.807) is 18.2 Å². The van der Waals surface area contributed by atoms with Crippen molar-refractivity contribution in [1.29, 1.82) is 5.26 Å². The molecule has 0 aliphatic heterocycles. The summed E-state index contributed by atoms with van der Waals surface area (Å²) in [6.45, 7) is 0.977. The second-order valence-corrected chi connectivity index (χ2v) is 8.01. The molecule has 33 heavy (non-hydrogen) atoms. The van der Waals surface area contributed by atoms with Crippen LogP contribution in [0.4, 0.5) is 5.13 Å². The van der Waals surface area contributed by atoms with Crippen molar-refractivity contribution in [1.82, 2.24) is 9.36 Å². The molecule has 1 N–H and O–H groups in total. The monoisotopic (exact) mass is 482 g/mol. The SMILES string of the molecule is COc1cc(/C=C(/C#N)C(=O)Nc2nc(SC)ns2)ccc1OCCCOc1ccccc1. The van der Waals surface area contributed by atoms with Crippen LogP contribution in [0.5, 0.6) is 17.2 Å². The van der Waals surface area contributed by atoms with Crippen LogP contribution in [0.2, 0.25) is 0 Å². The number of anilines is 1. The van der Waals surface area contributed by atoms with Gasteiger partial charge in [-0.3, -0.25) is 10.1 Å². The van der Waals surface area contributed by atoms with E-state index in [0.717, 1.165) is 17.3 Å². The number of nitriles is 1. The molecule has 10 heteroatoms. The molecule has 1 amide bonds. The third-order valence-electron chi connectivity index (χ3n) is 4.23. The van der Waals surface area contributed by atoms with Crippen LogP contribution in [-0.4, -0.2) is 41.8 Å². The van der Waals surface area contributed by atoms with Crippen LogP contribution in [0, 0.1) is 11.3 Å². The lowest BCUT2D eigenvalue weighted by Crippen LogP contribution is -2.13. The van der Waals surface area contributed by atoms with Gasteiger partial charge in [-0.05, 0) is 42.2 Å². The maximum Gasteiger partial charge on any atom is 0.268 e. The predicted molar refractivity (Wildman–Crippen MR) is 129 cm³/mol. The summed E-state index contributed by atoms with van der Waals surface area (Å²) in [6.07, 6.45) is 4.02. The molecule has 0 fully saturated rings. The first kappa shape index (κ1) is 24.1. The highest BCUT2D eigenvalue weighted by atomic mass is 32.2. The van der Waals surface area contributed by atoms with Crippen LogP contribution >= 0.6 is 23.3 Å². The van der Waals surface area contributed by atoms with Crippen molar-refractivity contribution in [2.45, 2.75) is 11.6 Å². The molecule has 170 valence electrons. The number of methoxy groups -OCH3 is 1. The Morgan fingerprint density at radius 1 is 1.18 bits per heavy atom. The number of amides is 1. The number of carbonyl (C=O) groups is 1. The molecule has 3 aromatic rings. The van der Waals surface area contributed by atoms with Gasteiger partial charge in [0.15, 0.2) is 11.5 Å². The van der Waals surface area contributed by atoms with Gasteiger partial charge in [-0.1, -0.05) is 36.0 Å². The van der Waals surface area contributed by atoms with Gasteiger partial charge in [0.05, 0.1) is 20.3 Å². The summed E-state index contributed by atoms with van der Waals surface area (Å²) in [4.78, 5) is 16.6. The fraction of sp³-hybridized carbons (Fsp3) is 0.217. The molecule has 0 bridgehead atoms. The summed E-state index contributed by atoms with van der Waals surface area (Å²) in [5, 5.41) is 12.9. The number of thioether (sulfide) groups is 1. The van der Waals surface area contributed by atoms with Crippen molar-refractivity contribution in [2.75, 3.05) is 31.9 Å². The normalized spacial score (nSPS) is 10.9. The number of hydrogen-bond donors (Lipinski definition) is 1. The second kappa shape index (κ2) is 12.5. The average Bonchev–Trinajstić information content (AvgIpc) is 3.30. The summed E-state index contributed by atoms with van der Waals surface area (Å²) in [7, 11) is 1.53. The van der Waals surface area contributed by atoms with Crippen LogP contribution in [-0.2, 0) is 4.79 Å². The zero-order valence-electron chi connectivity index (χ0n) is 18.1. The van der Waals surface area contributed by atoms with E-state index in [1.807, 2.05) is 42.7 Å². The van der Waals surface area contributed by atoms with Crippen molar-refractivity contribution >= 4 is 40.4 Å². The van der Waals surface area contributed by atoms with Gasteiger partial charge < -0.3 is 14.2 Å². The van der Waals surface area contributed by atoms with Gasteiger partial charge in [0.2, 0.25) is 10.3 Å². The number of carbonyl (C=O) groups excluding carboxylic acids is 1. The number of hydrogen-bond acceptors (Lipinski definition) is 9. The first-order valence-corrected chi connectivity index (χ1v) is 11.9. The molecule has 0 aliphatic carbocycles. The first-order chi connectivity index (χ1) is 16.1. The smallest absolute Gasteiger partial charge is 0.268 e. The largest absolute Gasteiger partial charge is 0.493 e. The summed E-state index contributed by atoms with van der Waals surface area (Å²) >= 11 is 2.43. The number of ether oxygens (including phenoxy) is 3. The van der Waals surface area contributed by atoms with E-state index < -0.39 is 5.91 Å². The lowest BCUT2D eigenvalue weighted by atomic mass is 10.1. The second-order valence-electron chi connectivity index (χ2n) is 6.48. The molecule has 0 aliphatic rings. The molecule has 0 saturated carbocycles. The summed E-state index contributed by atoms with van der Waals surface area (Å²) in [5.41, 5.74) is 0.560. The van der Waals surface area contributed by atoms with Crippen LogP contribution in [0.1, 0.15) is 12.0 Å². The van der Waals surface area contributed by atoms with Crippen molar-refractivity contribution < 1.29 is 19.0 Å². The van der Waals surface area contributed by atoms with Gasteiger partial charge in [0.25, 0.3) is 5.91 Å². The molecule has 0 saturated heterocycles. The van der Waals surface area contributed by atoms with Crippen molar-refractivity contribution in [3.63, 3.8) is 0 Å². The number of para-hydroxylation sites is 1. The topological polar surface area (TPSA) is 106 Å². The molecule has 1 heterocycles. The van der Waals surface area contributed by atoms with Gasteiger partial charge in [-0.25, -0.2) is 0 Å². The summed E-state index contributed by atoms with van der Waals surface area (Å²) in [6, 6.07) is 16.7. The number of nitrogens with zero attached hydrogens (tertiary/aromatic N) is 3. The Hall–Kier alpha value is -3.55. The molecule has 1 aromatic heterocycles. The third-order valence-corrected chi connectivity index (χ3v) is 5.53. The van der Waals surface area contributed by atoms with Crippen molar-refractivity contribution in [2.24, 2.45) is 0 Å². The minimum atomic E-state index is -0.556. The van der Waals surface area contributed by atoms with Gasteiger partial charge in [0, 0.05) is 18.0 Å². The molecule has 8 nitrogen and oxygen atoms in total. The molecule has 0 unspecified atom stereocenters. The zero-order valence-corrected chi connectivity index (χ0v) is 19.7. The highest BCUT2D eigenvalue weighted by Crippen LogP contribution is 2.29. The van der Waals surface area contributed by atoms with E-state index >= 15 is 0 Å². The minimum absolute atomic E-state index is 0.0651. The Morgan fingerprint density at radius 3 is 2.67 bits per heavy atom. The lowest BCUT2D eigenvalue weighted by Gasteiger charge is -2.12. The van der Waals surface area contributed by atoms with E-state index in [4.69, 9.17) is 14.2 Å². The van der Waals surface area contributed by atoms with E-state index in [1.165, 1.54) is 24.9 Å². The summed E-state index contributed by atoms with van der Waals surface area (Å²) in [5.74, 6) is 1.33. The molecule has 0 atom stereocenters. The Morgan fingerprint density at radius 2 is 1.97 bits per heavy atom. The highest BCUT2D eigenvalue weighted by Gasteiger charge is 2.13. The fourth-order valence-corrected chi connectivity index (χ4v) is 3.79. The number of rotatable bonds is 11. The number of benzene rings is 2. The third kappa shape index (κ3) is 7.24. The van der Waals surface area contributed by atoms with Crippen LogP contribution in [0.15, 0.2) is 59.3 Å². The fourth-order valence-electron chi connectivity index (χ4n) is 2.66. The Labute approximate surface area is 200 Å². The molecule has 0 spiro atoms. The maximum atomic E-state index is 12.4. The molecular formula is C23H22N4O4S2. The minimum Gasteiger partial charge on any atom is -0.493 e. The van der Waals surface area contributed by atoms with E-state index in [2.05, 4.69) is 14.7 Å². The quantitative estimate of drug-likeness (QED) is 0.182. The lowest BCUT2D eigenvalue weighted by molar-refractivity contribution is -0.112. The molecule has 2 aromatic carbocycles. The van der Waals surface area contributed by atoms with Crippen molar-refractivity contribution in [3.8, 4) is 23.3 Å². The van der Waals surface area contributed by atoms with Crippen LogP contribution < -0.4 is 19.5 Å². The van der Waals surface area contributed by atoms with Crippen LogP contribution in [0.3, 0.4) is 0 Å². The Kier molecular flexibility index (Phi) is 9.11. The maximum absolute atomic E-state index is 12.4. The molecule has 3 rings (SSSR count). The number of aromatic nitrogens is 2. The van der Waals surface area contributed by atoms with Crippen molar-refractivity contribution in [3.05, 3.63) is 59.7 Å². The Bertz CT molecular complexity index is 1140. The Balaban J connectivity index is 1.58. The predicted octanol–water partition coefficient (Wildman–Crippen LogP) is 4.66. The average molecular weight is 483 g/mol. The van der Waals surface area contributed by atoms with Gasteiger partial charge in [-0.2, -0.15) is 14.6 Å². The molecule has 0 radical (unpaired) electrons. The van der Waals surface area contributed by atoms with Crippen LogP contribution in [0.25, 0.3) is 6.08 Å². The van der Waals surface area contributed by atoms with E-state index in [9.17, 15) is 10.1 Å². The van der Waals surface area contributed by atoms with Gasteiger partial charge in [0.1, 0.15) is 17.4 Å². The first-order valence-electron chi connectivity index (χ1n) is 9.92. The standard InChI is InChI=1S/C23H22N4O4S2/c1-29-20-14-16(13-17(15-24)21(28)25-22-26-23(32-2)27-33-22)9-10-19(20)31-12-6-11-30-18-7-4-3-5-8-18/h3-5,7-10,13-14H,6,11-12H2,1-2H3,(H,25,26,27,28)/b17-13-. The molecular weight excluding hydrogens is 460 g/mol. The number of nitrogens with one attached hydrogen (secondary N) is 1. The van der Waals surface area contributed by atoms with E-state index in [-0.39, 0.29) is 5.57 Å². The van der Waals surface area contributed by atoms with Gasteiger partial charge in [-0.15, -0.1) is 0 Å². The zero-order chi connectivity index (χ0) is 23.5.